The maximum atomic E-state index is 12.6. The lowest BCUT2D eigenvalue weighted by atomic mass is 10.1. The molecule has 2 atom stereocenters. The molecule has 0 fully saturated rings. The summed E-state index contributed by atoms with van der Waals surface area (Å²) in [5.41, 5.74) is 5.31. The lowest BCUT2D eigenvalue weighted by Gasteiger charge is -2.20. The van der Waals surface area contributed by atoms with E-state index in [1.807, 2.05) is 0 Å². The van der Waals surface area contributed by atoms with E-state index in [2.05, 4.69) is 19.2 Å². The minimum Gasteiger partial charge on any atom is -0.462 e. The summed E-state index contributed by atoms with van der Waals surface area (Å²) in [6.45, 7) is 4.10. The Hall–Kier alpha value is -1.76. The van der Waals surface area contributed by atoms with Crippen LogP contribution in [0.5, 0.6) is 0 Å². The number of phosphoric ester groups is 1. The highest BCUT2D eigenvalue weighted by Gasteiger charge is 2.26. The number of carbonyl (C=O) groups is 3. The number of rotatable bonds is 39. The van der Waals surface area contributed by atoms with Crippen molar-refractivity contribution in [3.8, 4) is 0 Å². The third-order valence-electron chi connectivity index (χ3n) is 8.47. The lowest BCUT2D eigenvalue weighted by molar-refractivity contribution is -0.161. The standard InChI is InChI=1S/C38H75N2O11P/c1-3-5-7-9-11-13-15-17-19-21-23-25-36(41)48-33-35(51-37(42)26-24-22-20-18-16-14-12-10-8-6-4-2)34-50-52(44,45)49-30-28-40-38(43)47-32-31-46-29-27-39/h35H,3-34,39H2,1-2H3,(H,40,43)(H,44,45)/t35-/m1/s1. The Labute approximate surface area is 315 Å². The summed E-state index contributed by atoms with van der Waals surface area (Å²) in [6, 6.07) is 0. The van der Waals surface area contributed by atoms with Gasteiger partial charge in [-0.15, -0.1) is 0 Å². The first-order chi connectivity index (χ1) is 25.2. The van der Waals surface area contributed by atoms with E-state index in [-0.39, 0.29) is 45.8 Å². The normalized spacial score (nSPS) is 13.0. The summed E-state index contributed by atoms with van der Waals surface area (Å²) in [6.07, 6.45) is 24.1. The topological polar surface area (TPSA) is 182 Å². The molecule has 0 aliphatic heterocycles. The number of phosphoric acid groups is 1. The first-order valence-electron chi connectivity index (χ1n) is 20.4. The molecule has 0 heterocycles. The van der Waals surface area contributed by atoms with Crippen LogP contribution in [0.1, 0.15) is 168 Å². The van der Waals surface area contributed by atoms with Crippen molar-refractivity contribution in [2.24, 2.45) is 5.73 Å². The zero-order chi connectivity index (χ0) is 38.4. The molecule has 0 radical (unpaired) electrons. The van der Waals surface area contributed by atoms with Gasteiger partial charge in [-0.1, -0.05) is 142 Å². The Morgan fingerprint density at radius 2 is 1.08 bits per heavy atom. The highest BCUT2D eigenvalue weighted by Crippen LogP contribution is 2.43. The van der Waals surface area contributed by atoms with Crippen molar-refractivity contribution in [2.45, 2.75) is 174 Å². The van der Waals surface area contributed by atoms with Crippen molar-refractivity contribution in [3.05, 3.63) is 0 Å². The van der Waals surface area contributed by atoms with E-state index >= 15 is 0 Å². The van der Waals surface area contributed by atoms with Crippen LogP contribution < -0.4 is 11.1 Å². The first-order valence-corrected chi connectivity index (χ1v) is 21.9. The molecule has 0 aromatic heterocycles. The smallest absolute Gasteiger partial charge is 0.462 e. The molecule has 14 heteroatoms. The van der Waals surface area contributed by atoms with E-state index in [9.17, 15) is 23.8 Å². The van der Waals surface area contributed by atoms with E-state index in [0.29, 0.717) is 26.0 Å². The number of hydrogen-bond acceptors (Lipinski definition) is 11. The Kier molecular flexibility index (Phi) is 36.3. The maximum absolute atomic E-state index is 12.6. The van der Waals surface area contributed by atoms with Gasteiger partial charge in [-0.05, 0) is 12.8 Å². The maximum Gasteiger partial charge on any atom is 0.472 e. The van der Waals surface area contributed by atoms with Crippen molar-refractivity contribution in [2.75, 3.05) is 52.7 Å². The zero-order valence-corrected chi connectivity index (χ0v) is 33.7. The zero-order valence-electron chi connectivity index (χ0n) is 32.8. The molecule has 0 spiro atoms. The monoisotopic (exact) mass is 767 g/mol. The average molecular weight is 767 g/mol. The number of esters is 2. The first kappa shape index (κ1) is 50.2. The second-order valence-electron chi connectivity index (χ2n) is 13.4. The number of hydrogen-bond donors (Lipinski definition) is 3. The van der Waals surface area contributed by atoms with Crippen molar-refractivity contribution in [3.63, 3.8) is 0 Å². The van der Waals surface area contributed by atoms with E-state index in [4.69, 9.17) is 33.7 Å². The molecule has 1 amide bonds. The highest BCUT2D eigenvalue weighted by molar-refractivity contribution is 7.47. The summed E-state index contributed by atoms with van der Waals surface area (Å²) in [5.74, 6) is -0.912. The van der Waals surface area contributed by atoms with Gasteiger partial charge in [-0.3, -0.25) is 18.6 Å². The van der Waals surface area contributed by atoms with Crippen LogP contribution in [0.3, 0.4) is 0 Å². The molecule has 0 aliphatic carbocycles. The molecule has 0 aromatic carbocycles. The van der Waals surface area contributed by atoms with Crippen molar-refractivity contribution in [1.29, 1.82) is 0 Å². The van der Waals surface area contributed by atoms with Crippen LogP contribution in [0.2, 0.25) is 0 Å². The Balaban J connectivity index is 4.54. The minimum atomic E-state index is -4.58. The second-order valence-corrected chi connectivity index (χ2v) is 14.9. The highest BCUT2D eigenvalue weighted by atomic mass is 31.2. The fourth-order valence-corrected chi connectivity index (χ4v) is 6.20. The van der Waals surface area contributed by atoms with Crippen molar-refractivity contribution < 1.29 is 51.8 Å². The summed E-state index contributed by atoms with van der Waals surface area (Å²) < 4.78 is 43.3. The number of amides is 1. The second kappa shape index (κ2) is 37.6. The molecule has 0 aliphatic rings. The van der Waals surface area contributed by atoms with Crippen molar-refractivity contribution >= 4 is 25.9 Å². The minimum absolute atomic E-state index is 0.0253. The quantitative estimate of drug-likeness (QED) is 0.0235. The fourth-order valence-electron chi connectivity index (χ4n) is 5.44. The summed E-state index contributed by atoms with van der Waals surface area (Å²) >= 11 is 0. The Morgan fingerprint density at radius 3 is 1.58 bits per heavy atom. The molecular formula is C38H75N2O11P. The Bertz CT molecular complexity index is 897. The van der Waals surface area contributed by atoms with E-state index in [1.54, 1.807) is 0 Å². The molecule has 1 unspecified atom stereocenters. The van der Waals surface area contributed by atoms with Crippen LogP contribution in [0, 0.1) is 0 Å². The molecular weight excluding hydrogens is 691 g/mol. The van der Waals surface area contributed by atoms with Gasteiger partial charge in [0.1, 0.15) is 13.2 Å². The summed E-state index contributed by atoms with van der Waals surface area (Å²) in [7, 11) is -4.58. The molecule has 0 saturated carbocycles. The number of alkyl carbamates (subject to hydrolysis) is 1. The molecule has 52 heavy (non-hydrogen) atoms. The van der Waals surface area contributed by atoms with Gasteiger partial charge in [-0.2, -0.15) is 0 Å². The van der Waals surface area contributed by atoms with Crippen LogP contribution in [-0.2, 0) is 42.1 Å². The van der Waals surface area contributed by atoms with Crippen LogP contribution in [-0.4, -0.2) is 81.8 Å². The van der Waals surface area contributed by atoms with Crippen LogP contribution in [0.4, 0.5) is 4.79 Å². The van der Waals surface area contributed by atoms with Gasteiger partial charge in [0, 0.05) is 25.9 Å². The van der Waals surface area contributed by atoms with Gasteiger partial charge < -0.3 is 34.9 Å². The fraction of sp³-hybridized carbons (Fsp3) is 0.921. The number of carbonyl (C=O) groups excluding carboxylic acids is 3. The lowest BCUT2D eigenvalue weighted by Crippen LogP contribution is -2.30. The molecule has 4 N–H and O–H groups in total. The van der Waals surface area contributed by atoms with E-state index < -0.39 is 38.6 Å². The van der Waals surface area contributed by atoms with Gasteiger partial charge >= 0.3 is 25.9 Å². The number of nitrogens with one attached hydrogen (secondary N) is 1. The van der Waals surface area contributed by atoms with Crippen LogP contribution in [0.15, 0.2) is 0 Å². The summed E-state index contributed by atoms with van der Waals surface area (Å²) in [5, 5.41) is 2.38. The number of unbranched alkanes of at least 4 members (excludes halogenated alkanes) is 20. The average Bonchev–Trinajstić information content (AvgIpc) is 3.12. The number of nitrogens with two attached hydrogens (primary N) is 1. The Morgan fingerprint density at radius 1 is 0.596 bits per heavy atom. The van der Waals surface area contributed by atoms with Crippen LogP contribution in [0.25, 0.3) is 0 Å². The molecule has 0 bridgehead atoms. The predicted octanol–water partition coefficient (Wildman–Crippen LogP) is 8.68. The molecule has 0 rings (SSSR count). The van der Waals surface area contributed by atoms with Gasteiger partial charge in [-0.25, -0.2) is 9.36 Å². The van der Waals surface area contributed by atoms with Crippen molar-refractivity contribution in [1.82, 2.24) is 5.32 Å². The van der Waals surface area contributed by atoms with Gasteiger partial charge in [0.15, 0.2) is 6.10 Å². The summed E-state index contributed by atoms with van der Waals surface area (Å²) in [4.78, 5) is 46.9. The largest absolute Gasteiger partial charge is 0.472 e. The van der Waals surface area contributed by atoms with Crippen LogP contribution >= 0.6 is 7.82 Å². The molecule has 308 valence electrons. The third kappa shape index (κ3) is 36.6. The van der Waals surface area contributed by atoms with Gasteiger partial charge in [0.2, 0.25) is 0 Å². The van der Waals surface area contributed by atoms with Gasteiger partial charge in [0.05, 0.1) is 26.4 Å². The number of ether oxygens (including phenoxy) is 4. The van der Waals surface area contributed by atoms with E-state index in [1.165, 1.54) is 89.9 Å². The SMILES string of the molecule is CCCCCCCCCCCCCC(=O)OC[C@H](COP(=O)(O)OCCNC(=O)OCCOCCN)OC(=O)CCCCCCCCCCCCC. The molecule has 0 saturated heterocycles. The predicted molar refractivity (Wildman–Crippen MR) is 204 cm³/mol. The molecule has 0 aromatic rings. The molecule has 13 nitrogen and oxygen atoms in total. The van der Waals surface area contributed by atoms with Gasteiger partial charge in [0.25, 0.3) is 0 Å². The third-order valence-corrected chi connectivity index (χ3v) is 9.45. The van der Waals surface area contributed by atoms with E-state index in [0.717, 1.165) is 38.5 Å².